The normalized spacial score (nSPS) is 11.8. The first-order valence-corrected chi connectivity index (χ1v) is 8.14. The summed E-state index contributed by atoms with van der Waals surface area (Å²) in [4.78, 5) is 16.3. The van der Waals surface area contributed by atoms with Gasteiger partial charge in [-0.15, -0.1) is 11.3 Å². The van der Waals surface area contributed by atoms with Crippen LogP contribution in [0.2, 0.25) is 0 Å². The summed E-state index contributed by atoms with van der Waals surface area (Å²) >= 11 is 1.58. The second kappa shape index (κ2) is 7.79. The second-order valence-electron chi connectivity index (χ2n) is 4.91. The van der Waals surface area contributed by atoms with Crippen molar-refractivity contribution in [3.8, 4) is 5.75 Å². The molecule has 0 bridgehead atoms. The summed E-state index contributed by atoms with van der Waals surface area (Å²) in [5, 5.41) is 8.68. The molecule has 0 aliphatic heterocycles. The molecule has 22 heavy (non-hydrogen) atoms. The molecule has 118 valence electrons. The topological polar surface area (TPSA) is 63.2 Å². The smallest absolute Gasteiger partial charge is 0.315 e. The molecule has 0 spiro atoms. The van der Waals surface area contributed by atoms with E-state index in [2.05, 4.69) is 15.6 Å². The van der Waals surface area contributed by atoms with Crippen molar-refractivity contribution < 1.29 is 9.53 Å². The van der Waals surface area contributed by atoms with Gasteiger partial charge in [0.15, 0.2) is 0 Å². The lowest BCUT2D eigenvalue weighted by molar-refractivity contribution is 0.237. The molecular formula is C16H21N3O2S. The summed E-state index contributed by atoms with van der Waals surface area (Å²) in [6.07, 6.45) is 0. The largest absolute Gasteiger partial charge is 0.494 e. The number of carbonyl (C=O) groups is 1. The number of aryl methyl sites for hydroxylation is 1. The molecule has 0 saturated carbocycles. The first-order chi connectivity index (χ1) is 10.6. The van der Waals surface area contributed by atoms with Crippen LogP contribution in [0.4, 0.5) is 4.79 Å². The predicted octanol–water partition coefficient (Wildman–Crippen LogP) is 3.41. The average molecular weight is 319 g/mol. The van der Waals surface area contributed by atoms with Crippen LogP contribution in [0.3, 0.4) is 0 Å². The molecule has 2 N–H and O–H groups in total. The first kappa shape index (κ1) is 16.3. The molecular weight excluding hydrogens is 298 g/mol. The van der Waals surface area contributed by atoms with Crippen LogP contribution < -0.4 is 15.4 Å². The molecule has 2 rings (SSSR count). The molecule has 2 aromatic rings. The Morgan fingerprint density at radius 3 is 2.95 bits per heavy atom. The molecule has 1 unspecified atom stereocenters. The number of hydrogen-bond donors (Lipinski definition) is 2. The van der Waals surface area contributed by atoms with E-state index in [1.807, 2.05) is 50.4 Å². The third-order valence-corrected chi connectivity index (χ3v) is 3.94. The maximum atomic E-state index is 11.9. The number of aromatic nitrogens is 1. The van der Waals surface area contributed by atoms with Crippen molar-refractivity contribution in [3.05, 3.63) is 45.9 Å². The molecule has 1 heterocycles. The fourth-order valence-electron chi connectivity index (χ4n) is 2.03. The number of rotatable bonds is 6. The molecule has 5 nitrogen and oxygen atoms in total. The van der Waals surface area contributed by atoms with E-state index in [9.17, 15) is 4.79 Å². The van der Waals surface area contributed by atoms with Crippen molar-refractivity contribution in [3.63, 3.8) is 0 Å². The number of amides is 2. The van der Waals surface area contributed by atoms with Gasteiger partial charge in [0.1, 0.15) is 5.75 Å². The Kier molecular flexibility index (Phi) is 5.77. The minimum atomic E-state index is -0.208. The van der Waals surface area contributed by atoms with Crippen LogP contribution in [0.25, 0.3) is 0 Å². The molecule has 0 aliphatic carbocycles. The van der Waals surface area contributed by atoms with Gasteiger partial charge >= 0.3 is 6.03 Å². The van der Waals surface area contributed by atoms with Gasteiger partial charge in [-0.1, -0.05) is 12.1 Å². The van der Waals surface area contributed by atoms with Crippen molar-refractivity contribution in [2.24, 2.45) is 0 Å². The number of nitrogens with one attached hydrogen (secondary N) is 2. The van der Waals surface area contributed by atoms with E-state index in [1.165, 1.54) is 0 Å². The highest BCUT2D eigenvalue weighted by Gasteiger charge is 2.10. The fraction of sp³-hybridized carbons (Fsp3) is 0.375. The second-order valence-corrected chi connectivity index (χ2v) is 5.97. The molecule has 0 aliphatic rings. The lowest BCUT2D eigenvalue weighted by atomic mass is 10.1. The molecule has 0 saturated heterocycles. The van der Waals surface area contributed by atoms with Gasteiger partial charge in [-0.25, -0.2) is 9.78 Å². The van der Waals surface area contributed by atoms with Crippen LogP contribution in [0.5, 0.6) is 5.75 Å². The number of nitrogens with zero attached hydrogens (tertiary/aromatic N) is 1. The number of ether oxygens (including phenoxy) is 1. The van der Waals surface area contributed by atoms with Gasteiger partial charge < -0.3 is 15.4 Å². The van der Waals surface area contributed by atoms with E-state index in [4.69, 9.17) is 4.74 Å². The quantitative estimate of drug-likeness (QED) is 0.857. The summed E-state index contributed by atoms with van der Waals surface area (Å²) in [5.74, 6) is 0.812. The van der Waals surface area contributed by atoms with Crippen LogP contribution >= 0.6 is 11.3 Å². The Bertz CT molecular complexity index is 627. The molecule has 1 atom stereocenters. The van der Waals surface area contributed by atoms with Gasteiger partial charge in [0.05, 0.1) is 29.9 Å². The van der Waals surface area contributed by atoms with E-state index in [0.717, 1.165) is 22.0 Å². The van der Waals surface area contributed by atoms with Crippen molar-refractivity contribution in [1.29, 1.82) is 0 Å². The van der Waals surface area contributed by atoms with Crippen LogP contribution in [0, 0.1) is 6.92 Å². The Morgan fingerprint density at radius 2 is 2.27 bits per heavy atom. The highest BCUT2D eigenvalue weighted by Crippen LogP contribution is 2.19. The monoisotopic (exact) mass is 319 g/mol. The molecule has 0 radical (unpaired) electrons. The lowest BCUT2D eigenvalue weighted by Gasteiger charge is -2.15. The molecule has 6 heteroatoms. The van der Waals surface area contributed by atoms with Crippen molar-refractivity contribution in [2.45, 2.75) is 33.4 Å². The number of carbonyl (C=O) groups excluding carboxylic acids is 1. The third kappa shape index (κ3) is 4.73. The van der Waals surface area contributed by atoms with E-state index >= 15 is 0 Å². The molecule has 0 fully saturated rings. The standard InChI is InChI=1S/C16H21N3O2S/c1-4-21-15-7-5-6-13(8-15)11(2)18-16(20)17-9-14-10-22-12(3)19-14/h5-8,10-11H,4,9H2,1-3H3,(H2,17,18,20). The lowest BCUT2D eigenvalue weighted by Crippen LogP contribution is -2.36. The molecule has 1 aromatic heterocycles. The average Bonchev–Trinajstić information content (AvgIpc) is 2.91. The summed E-state index contributed by atoms with van der Waals surface area (Å²) in [7, 11) is 0. The van der Waals surface area contributed by atoms with Crippen molar-refractivity contribution in [2.75, 3.05) is 6.61 Å². The summed E-state index contributed by atoms with van der Waals surface area (Å²) < 4.78 is 5.47. The minimum Gasteiger partial charge on any atom is -0.494 e. The van der Waals surface area contributed by atoms with Gasteiger partial charge in [-0.05, 0) is 38.5 Å². The predicted molar refractivity (Wildman–Crippen MR) is 88.2 cm³/mol. The van der Waals surface area contributed by atoms with E-state index < -0.39 is 0 Å². The molecule has 1 aromatic carbocycles. The highest BCUT2D eigenvalue weighted by molar-refractivity contribution is 7.09. The van der Waals surface area contributed by atoms with Crippen LogP contribution in [-0.2, 0) is 6.54 Å². The van der Waals surface area contributed by atoms with Crippen LogP contribution in [0.1, 0.15) is 36.2 Å². The zero-order valence-electron chi connectivity index (χ0n) is 13.1. The van der Waals surface area contributed by atoms with Gasteiger partial charge in [-0.2, -0.15) is 0 Å². The zero-order valence-corrected chi connectivity index (χ0v) is 13.9. The Hall–Kier alpha value is -2.08. The highest BCUT2D eigenvalue weighted by atomic mass is 32.1. The van der Waals surface area contributed by atoms with Gasteiger partial charge in [0.2, 0.25) is 0 Å². The van der Waals surface area contributed by atoms with Crippen molar-refractivity contribution in [1.82, 2.24) is 15.6 Å². The number of benzene rings is 1. The zero-order chi connectivity index (χ0) is 15.9. The Morgan fingerprint density at radius 1 is 1.45 bits per heavy atom. The van der Waals surface area contributed by atoms with Crippen molar-refractivity contribution >= 4 is 17.4 Å². The van der Waals surface area contributed by atoms with E-state index in [-0.39, 0.29) is 12.1 Å². The Balaban J connectivity index is 1.86. The fourth-order valence-corrected chi connectivity index (χ4v) is 2.64. The Labute approximate surface area is 134 Å². The third-order valence-electron chi connectivity index (χ3n) is 3.11. The number of hydrogen-bond acceptors (Lipinski definition) is 4. The summed E-state index contributed by atoms with van der Waals surface area (Å²) in [6, 6.07) is 7.44. The van der Waals surface area contributed by atoms with Crippen LogP contribution in [0.15, 0.2) is 29.6 Å². The first-order valence-electron chi connectivity index (χ1n) is 7.26. The van der Waals surface area contributed by atoms with E-state index in [0.29, 0.717) is 13.2 Å². The molecule has 2 amide bonds. The van der Waals surface area contributed by atoms with Crippen LogP contribution in [-0.4, -0.2) is 17.6 Å². The number of thiazole rings is 1. The van der Waals surface area contributed by atoms with Gasteiger partial charge in [-0.3, -0.25) is 0 Å². The summed E-state index contributed by atoms with van der Waals surface area (Å²) in [6.45, 7) is 6.89. The van der Waals surface area contributed by atoms with Gasteiger partial charge in [0.25, 0.3) is 0 Å². The minimum absolute atomic E-state index is 0.0995. The maximum absolute atomic E-state index is 11.9. The maximum Gasteiger partial charge on any atom is 0.315 e. The van der Waals surface area contributed by atoms with Gasteiger partial charge in [0, 0.05) is 5.38 Å². The SMILES string of the molecule is CCOc1cccc(C(C)NC(=O)NCc2csc(C)n2)c1. The van der Waals surface area contributed by atoms with E-state index in [1.54, 1.807) is 11.3 Å². The number of urea groups is 1. The summed E-state index contributed by atoms with van der Waals surface area (Å²) in [5.41, 5.74) is 1.88.